The minimum atomic E-state index is -3.03. The molecule has 0 amide bonds. The molecule has 2 aromatic carbocycles. The molecule has 0 unspecified atom stereocenters. The number of sulfone groups is 1. The van der Waals surface area contributed by atoms with Crippen LogP contribution in [0.15, 0.2) is 47.5 Å². The van der Waals surface area contributed by atoms with Gasteiger partial charge in [0, 0.05) is 11.4 Å². The predicted molar refractivity (Wildman–Crippen MR) is 116 cm³/mol. The molecular weight excluding hydrogens is 392 g/mol. The van der Waals surface area contributed by atoms with Crippen molar-refractivity contribution < 1.29 is 13.2 Å². The van der Waals surface area contributed by atoms with Gasteiger partial charge in [-0.2, -0.15) is 0 Å². The summed E-state index contributed by atoms with van der Waals surface area (Å²) >= 11 is 1.66. The summed E-state index contributed by atoms with van der Waals surface area (Å²) in [6, 6.07) is 14.0. The first-order valence-corrected chi connectivity index (χ1v) is 12.1. The molecule has 0 aliphatic carbocycles. The van der Waals surface area contributed by atoms with Crippen molar-refractivity contribution in [2.45, 2.75) is 31.7 Å². The van der Waals surface area contributed by atoms with Gasteiger partial charge in [-0.3, -0.25) is 4.99 Å². The number of hydrogen-bond donors (Lipinski definition) is 0. The third kappa shape index (κ3) is 3.78. The molecule has 4 rings (SSSR count). The maximum absolute atomic E-state index is 12.2. The monoisotopic (exact) mass is 416 g/mol. The van der Waals surface area contributed by atoms with Crippen LogP contribution in [0.1, 0.15) is 16.7 Å². The molecule has 2 aromatic rings. The number of amidine groups is 1. The largest absolute Gasteiger partial charge is 0.497 e. The van der Waals surface area contributed by atoms with Crippen molar-refractivity contribution in [3.63, 3.8) is 0 Å². The maximum atomic E-state index is 12.2. The van der Waals surface area contributed by atoms with E-state index < -0.39 is 9.84 Å². The number of aryl methyl sites for hydroxylation is 2. The summed E-state index contributed by atoms with van der Waals surface area (Å²) in [5, 5.41) is 0.906. The van der Waals surface area contributed by atoms with Gasteiger partial charge >= 0.3 is 0 Å². The van der Waals surface area contributed by atoms with Crippen molar-refractivity contribution in [2.24, 2.45) is 4.99 Å². The Morgan fingerprint density at radius 3 is 2.54 bits per heavy atom. The topological polar surface area (TPSA) is 59.0 Å². The molecule has 7 heteroatoms. The fourth-order valence-electron chi connectivity index (χ4n) is 3.68. The van der Waals surface area contributed by atoms with Crippen LogP contribution < -0.4 is 9.64 Å². The number of anilines is 1. The van der Waals surface area contributed by atoms with Gasteiger partial charge in [-0.15, -0.1) is 0 Å². The van der Waals surface area contributed by atoms with Gasteiger partial charge < -0.3 is 9.64 Å². The van der Waals surface area contributed by atoms with E-state index in [2.05, 4.69) is 36.9 Å². The summed E-state index contributed by atoms with van der Waals surface area (Å²) in [6.07, 6.45) is 0. The molecule has 2 atom stereocenters. The molecule has 0 spiro atoms. The van der Waals surface area contributed by atoms with Crippen molar-refractivity contribution in [2.75, 3.05) is 23.5 Å². The second kappa shape index (κ2) is 7.44. The molecule has 2 aliphatic rings. The molecule has 0 bridgehead atoms. The molecule has 148 valence electrons. The molecule has 0 radical (unpaired) electrons. The van der Waals surface area contributed by atoms with Crippen molar-refractivity contribution in [1.82, 2.24) is 0 Å². The molecular formula is C21H24N2O3S2. The SMILES string of the molecule is COc1ccc(CSC2=N[C@@H]3CS(=O)(=O)C[C@H]3N2c2ccc(C)c(C)c2)cc1. The fraction of sp³-hybridized carbons (Fsp3) is 0.381. The number of aliphatic imine (C=N–C) groups is 1. The lowest BCUT2D eigenvalue weighted by Gasteiger charge is -2.27. The Kier molecular flexibility index (Phi) is 5.14. The first-order chi connectivity index (χ1) is 13.4. The van der Waals surface area contributed by atoms with Crippen LogP contribution in [-0.4, -0.2) is 44.3 Å². The number of fused-ring (bicyclic) bond motifs is 1. The zero-order valence-corrected chi connectivity index (χ0v) is 17.9. The van der Waals surface area contributed by atoms with Crippen molar-refractivity contribution in [3.05, 3.63) is 59.2 Å². The Bertz CT molecular complexity index is 1020. The van der Waals surface area contributed by atoms with Crippen LogP contribution >= 0.6 is 11.8 Å². The van der Waals surface area contributed by atoms with E-state index in [1.807, 2.05) is 24.3 Å². The lowest BCUT2D eigenvalue weighted by Crippen LogP contribution is -2.39. The van der Waals surface area contributed by atoms with Gasteiger partial charge in [0.15, 0.2) is 15.0 Å². The van der Waals surface area contributed by atoms with Crippen molar-refractivity contribution in [3.8, 4) is 5.75 Å². The van der Waals surface area contributed by atoms with Crippen molar-refractivity contribution in [1.29, 1.82) is 0 Å². The normalized spacial score (nSPS) is 22.8. The average Bonchev–Trinajstić information content (AvgIpc) is 3.14. The maximum Gasteiger partial charge on any atom is 0.164 e. The number of ether oxygens (including phenoxy) is 1. The Hall–Kier alpha value is -1.99. The van der Waals surface area contributed by atoms with Crippen LogP contribution in [0.2, 0.25) is 0 Å². The Morgan fingerprint density at radius 2 is 1.86 bits per heavy atom. The number of nitrogens with zero attached hydrogens (tertiary/aromatic N) is 2. The van der Waals surface area contributed by atoms with E-state index in [0.29, 0.717) is 0 Å². The van der Waals surface area contributed by atoms with E-state index in [0.717, 1.165) is 22.4 Å². The van der Waals surface area contributed by atoms with Crippen LogP contribution in [0, 0.1) is 13.8 Å². The standard InChI is InChI=1S/C21H24N2O3S2/c1-14-4-7-17(10-15(14)2)23-20-13-28(24,25)12-19(20)22-21(23)27-11-16-5-8-18(26-3)9-6-16/h4-10,19-20H,11-13H2,1-3H3/t19-,20-/m1/s1. The van der Waals surface area contributed by atoms with Crippen LogP contribution in [0.3, 0.4) is 0 Å². The minimum Gasteiger partial charge on any atom is -0.497 e. The van der Waals surface area contributed by atoms with Crippen molar-refractivity contribution >= 4 is 32.5 Å². The van der Waals surface area contributed by atoms with E-state index in [1.54, 1.807) is 18.9 Å². The molecule has 0 saturated carbocycles. The first kappa shape index (κ1) is 19.3. The highest BCUT2D eigenvalue weighted by atomic mass is 32.2. The van der Waals surface area contributed by atoms with E-state index >= 15 is 0 Å². The Balaban J connectivity index is 1.60. The Labute approximate surface area is 170 Å². The van der Waals surface area contributed by atoms with E-state index in [1.165, 1.54) is 16.7 Å². The van der Waals surface area contributed by atoms with Crippen LogP contribution in [0.4, 0.5) is 5.69 Å². The first-order valence-electron chi connectivity index (χ1n) is 9.27. The van der Waals surface area contributed by atoms with Gasteiger partial charge in [0.1, 0.15) is 5.75 Å². The zero-order chi connectivity index (χ0) is 19.9. The summed E-state index contributed by atoms with van der Waals surface area (Å²) < 4.78 is 29.6. The van der Waals surface area contributed by atoms with E-state index in [4.69, 9.17) is 9.73 Å². The number of benzene rings is 2. The lowest BCUT2D eigenvalue weighted by atomic mass is 10.1. The highest BCUT2D eigenvalue weighted by molar-refractivity contribution is 8.13. The van der Waals surface area contributed by atoms with Gasteiger partial charge in [0.2, 0.25) is 0 Å². The van der Waals surface area contributed by atoms with Crippen LogP contribution in [0.5, 0.6) is 5.75 Å². The predicted octanol–water partition coefficient (Wildman–Crippen LogP) is 3.59. The minimum absolute atomic E-state index is 0.106. The third-order valence-corrected chi connectivity index (χ3v) is 8.14. The summed E-state index contributed by atoms with van der Waals surface area (Å²) in [6.45, 7) is 4.17. The lowest BCUT2D eigenvalue weighted by molar-refractivity contribution is 0.414. The van der Waals surface area contributed by atoms with E-state index in [9.17, 15) is 8.42 Å². The molecule has 2 heterocycles. The summed E-state index contributed by atoms with van der Waals surface area (Å²) in [5.41, 5.74) is 4.62. The molecule has 0 N–H and O–H groups in total. The molecule has 5 nitrogen and oxygen atoms in total. The van der Waals surface area contributed by atoms with Gasteiger partial charge in [0.25, 0.3) is 0 Å². The Morgan fingerprint density at radius 1 is 1.11 bits per heavy atom. The van der Waals surface area contributed by atoms with Gasteiger partial charge in [-0.25, -0.2) is 8.42 Å². The van der Waals surface area contributed by atoms with Gasteiger partial charge in [-0.05, 0) is 54.8 Å². The average molecular weight is 417 g/mol. The summed E-state index contributed by atoms with van der Waals surface area (Å²) in [4.78, 5) is 6.94. The second-order valence-electron chi connectivity index (χ2n) is 7.40. The highest BCUT2D eigenvalue weighted by Gasteiger charge is 2.47. The number of rotatable bonds is 4. The number of methoxy groups -OCH3 is 1. The zero-order valence-electron chi connectivity index (χ0n) is 16.3. The third-order valence-electron chi connectivity index (χ3n) is 5.40. The molecule has 28 heavy (non-hydrogen) atoms. The molecule has 1 fully saturated rings. The quantitative estimate of drug-likeness (QED) is 0.762. The van der Waals surface area contributed by atoms with Crippen LogP contribution in [0.25, 0.3) is 0 Å². The van der Waals surface area contributed by atoms with Gasteiger partial charge in [0.05, 0.1) is 30.7 Å². The molecule has 0 aromatic heterocycles. The highest BCUT2D eigenvalue weighted by Crippen LogP contribution is 2.36. The molecule has 1 saturated heterocycles. The second-order valence-corrected chi connectivity index (χ2v) is 10.5. The van der Waals surface area contributed by atoms with E-state index in [-0.39, 0.29) is 23.6 Å². The smallest absolute Gasteiger partial charge is 0.164 e. The number of thioether (sulfide) groups is 1. The molecule has 2 aliphatic heterocycles. The fourth-order valence-corrected chi connectivity index (χ4v) is 6.60. The number of hydrogen-bond acceptors (Lipinski definition) is 6. The summed E-state index contributed by atoms with van der Waals surface area (Å²) in [7, 11) is -1.38. The van der Waals surface area contributed by atoms with Gasteiger partial charge in [-0.1, -0.05) is 30.0 Å². The van der Waals surface area contributed by atoms with Crippen LogP contribution in [-0.2, 0) is 15.6 Å². The summed E-state index contributed by atoms with van der Waals surface area (Å²) in [5.74, 6) is 1.92.